The lowest BCUT2D eigenvalue weighted by molar-refractivity contribution is -0.386. The summed E-state index contributed by atoms with van der Waals surface area (Å²) in [6, 6.07) is 1.00. The Balaban J connectivity index is 1.73. The van der Waals surface area contributed by atoms with Crippen molar-refractivity contribution < 1.29 is 14.5 Å². The maximum Gasteiger partial charge on any atom is 0.362 e. The second-order valence-electron chi connectivity index (χ2n) is 5.91. The van der Waals surface area contributed by atoms with E-state index in [4.69, 9.17) is 4.74 Å². The van der Waals surface area contributed by atoms with Crippen LogP contribution in [-0.2, 0) is 0 Å². The fourth-order valence-electron chi connectivity index (χ4n) is 3.58. The first-order valence-electron chi connectivity index (χ1n) is 7.30. The smallest absolute Gasteiger partial charge is 0.362 e. The van der Waals surface area contributed by atoms with Crippen LogP contribution in [0.15, 0.2) is 0 Å². The number of piperidine rings is 1. The van der Waals surface area contributed by atoms with E-state index in [9.17, 15) is 14.9 Å². The summed E-state index contributed by atoms with van der Waals surface area (Å²) in [6.45, 7) is 0. The fourth-order valence-corrected chi connectivity index (χ4v) is 3.58. The molecule has 1 amide bonds. The Kier molecular flexibility index (Phi) is 3.73. The molecule has 0 aromatic carbocycles. The maximum atomic E-state index is 12.3. The van der Waals surface area contributed by atoms with E-state index in [1.807, 2.05) is 0 Å². The van der Waals surface area contributed by atoms with Crippen molar-refractivity contribution in [2.24, 2.45) is 0 Å². The molecule has 2 atom stereocenters. The van der Waals surface area contributed by atoms with Crippen molar-refractivity contribution in [2.75, 3.05) is 14.2 Å². The van der Waals surface area contributed by atoms with Crippen LogP contribution < -0.4 is 10.1 Å². The minimum absolute atomic E-state index is 0.0371. The molecule has 2 bridgehead atoms. The SMILES string of the molecule is COc1n[nH]c(C(=O)NC2CC3CCC(C2)N3C)c1[N+](=O)[O-]. The van der Waals surface area contributed by atoms with Crippen LogP contribution in [0.25, 0.3) is 0 Å². The number of H-pyrrole nitrogens is 1. The monoisotopic (exact) mass is 309 g/mol. The molecule has 2 N–H and O–H groups in total. The number of amides is 1. The van der Waals surface area contributed by atoms with Crippen molar-refractivity contribution >= 4 is 11.6 Å². The number of aromatic amines is 1. The second-order valence-corrected chi connectivity index (χ2v) is 5.91. The number of carbonyl (C=O) groups is 1. The maximum absolute atomic E-state index is 12.3. The number of fused-ring (bicyclic) bond motifs is 2. The Morgan fingerprint density at radius 3 is 2.64 bits per heavy atom. The van der Waals surface area contributed by atoms with Crippen LogP contribution >= 0.6 is 0 Å². The molecule has 2 saturated heterocycles. The van der Waals surface area contributed by atoms with Gasteiger partial charge in [0.05, 0.1) is 12.0 Å². The van der Waals surface area contributed by atoms with Gasteiger partial charge in [0.1, 0.15) is 0 Å². The van der Waals surface area contributed by atoms with E-state index in [0.29, 0.717) is 12.1 Å². The number of hydrogen-bond donors (Lipinski definition) is 2. The third kappa shape index (κ3) is 2.41. The number of hydrogen-bond acceptors (Lipinski definition) is 6. The molecule has 0 saturated carbocycles. The van der Waals surface area contributed by atoms with Gasteiger partial charge in [-0.1, -0.05) is 0 Å². The summed E-state index contributed by atoms with van der Waals surface area (Å²) in [7, 11) is 3.39. The number of rotatable bonds is 4. The predicted molar refractivity (Wildman–Crippen MR) is 76.9 cm³/mol. The number of aromatic nitrogens is 2. The number of nitrogens with zero attached hydrogens (tertiary/aromatic N) is 3. The largest absolute Gasteiger partial charge is 0.475 e. The summed E-state index contributed by atoms with van der Waals surface area (Å²) in [5, 5.41) is 20.1. The number of nitro groups is 1. The first-order valence-corrected chi connectivity index (χ1v) is 7.30. The minimum atomic E-state index is -0.657. The number of nitrogens with one attached hydrogen (secondary N) is 2. The molecule has 2 aliphatic rings. The van der Waals surface area contributed by atoms with Crippen molar-refractivity contribution in [3.8, 4) is 5.88 Å². The average molecular weight is 309 g/mol. The highest BCUT2D eigenvalue weighted by Gasteiger charge is 2.40. The van der Waals surface area contributed by atoms with Crippen molar-refractivity contribution in [2.45, 2.75) is 43.8 Å². The van der Waals surface area contributed by atoms with E-state index in [-0.39, 0.29) is 17.6 Å². The van der Waals surface area contributed by atoms with Crippen LogP contribution in [0.3, 0.4) is 0 Å². The first kappa shape index (κ1) is 14.8. The average Bonchev–Trinajstić information content (AvgIpc) is 2.98. The lowest BCUT2D eigenvalue weighted by Crippen LogP contribution is -2.48. The zero-order chi connectivity index (χ0) is 15.9. The van der Waals surface area contributed by atoms with E-state index in [2.05, 4.69) is 27.5 Å². The lowest BCUT2D eigenvalue weighted by atomic mass is 9.98. The van der Waals surface area contributed by atoms with E-state index < -0.39 is 16.5 Å². The number of methoxy groups -OCH3 is 1. The number of carbonyl (C=O) groups excluding carboxylic acids is 1. The molecular formula is C13H19N5O4. The molecule has 3 rings (SSSR count). The summed E-state index contributed by atoms with van der Waals surface area (Å²) in [5.74, 6) is -0.685. The highest BCUT2D eigenvalue weighted by molar-refractivity contribution is 5.97. The summed E-state index contributed by atoms with van der Waals surface area (Å²) < 4.78 is 4.81. The van der Waals surface area contributed by atoms with Crippen molar-refractivity contribution in [1.82, 2.24) is 20.4 Å². The minimum Gasteiger partial charge on any atom is -0.475 e. The van der Waals surface area contributed by atoms with Gasteiger partial charge in [-0.05, 0) is 32.7 Å². The highest BCUT2D eigenvalue weighted by Crippen LogP contribution is 2.34. The van der Waals surface area contributed by atoms with Gasteiger partial charge in [-0.25, -0.2) is 0 Å². The Bertz CT molecular complexity index is 587. The molecule has 120 valence electrons. The van der Waals surface area contributed by atoms with Crippen molar-refractivity contribution in [3.05, 3.63) is 15.8 Å². The van der Waals surface area contributed by atoms with Gasteiger partial charge >= 0.3 is 11.6 Å². The van der Waals surface area contributed by atoms with Crippen molar-refractivity contribution in [3.63, 3.8) is 0 Å². The van der Waals surface area contributed by atoms with Gasteiger partial charge in [-0.2, -0.15) is 0 Å². The Labute approximate surface area is 127 Å². The Hall–Kier alpha value is -2.16. The van der Waals surface area contributed by atoms with Gasteiger partial charge in [0, 0.05) is 18.1 Å². The Morgan fingerprint density at radius 1 is 1.45 bits per heavy atom. The van der Waals surface area contributed by atoms with Gasteiger partial charge < -0.3 is 15.0 Å². The topological polar surface area (TPSA) is 113 Å². The second kappa shape index (κ2) is 5.56. The van der Waals surface area contributed by atoms with Crippen molar-refractivity contribution in [1.29, 1.82) is 0 Å². The molecule has 1 aromatic rings. The van der Waals surface area contributed by atoms with Crippen LogP contribution in [0.2, 0.25) is 0 Å². The predicted octanol–water partition coefficient (Wildman–Crippen LogP) is 0.682. The standard InChI is InChI=1S/C13H19N5O4/c1-17-8-3-4-9(17)6-7(5-8)14-12(19)10-11(18(20)21)13(22-2)16-15-10/h7-9H,3-6H2,1-2H3,(H,14,19)(H,15,16). The molecule has 0 aliphatic carbocycles. The quantitative estimate of drug-likeness (QED) is 0.624. The normalized spacial score (nSPS) is 27.6. The highest BCUT2D eigenvalue weighted by atomic mass is 16.6. The van der Waals surface area contributed by atoms with Crippen LogP contribution in [-0.4, -0.2) is 58.2 Å². The molecule has 0 spiro atoms. The molecule has 2 fully saturated rings. The molecule has 0 radical (unpaired) electrons. The summed E-state index contributed by atoms with van der Waals surface area (Å²) >= 11 is 0. The lowest BCUT2D eigenvalue weighted by Gasteiger charge is -2.36. The first-order chi connectivity index (χ1) is 10.5. The molecule has 9 nitrogen and oxygen atoms in total. The molecule has 2 unspecified atom stereocenters. The van der Waals surface area contributed by atoms with E-state index in [1.54, 1.807) is 0 Å². The zero-order valence-corrected chi connectivity index (χ0v) is 12.5. The third-order valence-corrected chi connectivity index (χ3v) is 4.75. The van der Waals surface area contributed by atoms with E-state index in [0.717, 1.165) is 25.7 Å². The summed E-state index contributed by atoms with van der Waals surface area (Å²) in [5.41, 5.74) is -0.580. The zero-order valence-electron chi connectivity index (χ0n) is 12.5. The van der Waals surface area contributed by atoms with E-state index >= 15 is 0 Å². The Morgan fingerprint density at radius 2 is 2.09 bits per heavy atom. The number of ether oxygens (including phenoxy) is 1. The molecule has 9 heteroatoms. The van der Waals surface area contributed by atoms with Gasteiger partial charge in [0.25, 0.3) is 5.91 Å². The van der Waals surface area contributed by atoms with Gasteiger partial charge in [-0.3, -0.25) is 20.0 Å². The third-order valence-electron chi connectivity index (χ3n) is 4.75. The summed E-state index contributed by atoms with van der Waals surface area (Å²) in [4.78, 5) is 25.1. The molecule has 3 heterocycles. The molecule has 2 aliphatic heterocycles. The van der Waals surface area contributed by atoms with Crippen LogP contribution in [0.4, 0.5) is 5.69 Å². The summed E-state index contributed by atoms with van der Waals surface area (Å²) in [6.07, 6.45) is 4.03. The van der Waals surface area contributed by atoms with Crippen LogP contribution in [0.5, 0.6) is 5.88 Å². The molecule has 1 aromatic heterocycles. The van der Waals surface area contributed by atoms with Gasteiger partial charge in [0.2, 0.25) is 5.69 Å². The van der Waals surface area contributed by atoms with Gasteiger partial charge in [-0.15, -0.1) is 5.10 Å². The van der Waals surface area contributed by atoms with Crippen LogP contribution in [0.1, 0.15) is 36.2 Å². The van der Waals surface area contributed by atoms with Crippen LogP contribution in [0, 0.1) is 10.1 Å². The van der Waals surface area contributed by atoms with E-state index in [1.165, 1.54) is 7.11 Å². The molecule has 22 heavy (non-hydrogen) atoms. The van der Waals surface area contributed by atoms with Gasteiger partial charge in [0.15, 0.2) is 0 Å². The fraction of sp³-hybridized carbons (Fsp3) is 0.692. The molecular weight excluding hydrogens is 290 g/mol.